The quantitative estimate of drug-likeness (QED) is 0.737. The Hall–Kier alpha value is -2.20. The molecule has 0 unspecified atom stereocenters. The van der Waals surface area contributed by atoms with Gasteiger partial charge in [0.05, 0.1) is 4.88 Å². The Bertz CT molecular complexity index is 970. The molecule has 2 heterocycles. The van der Waals surface area contributed by atoms with Crippen molar-refractivity contribution in [2.75, 3.05) is 0 Å². The van der Waals surface area contributed by atoms with Gasteiger partial charge in [0.1, 0.15) is 4.83 Å². The van der Waals surface area contributed by atoms with Gasteiger partial charge in [-0.05, 0) is 61.3 Å². The first-order valence-corrected chi connectivity index (χ1v) is 9.75. The van der Waals surface area contributed by atoms with Gasteiger partial charge in [0, 0.05) is 11.1 Å². The molecule has 0 bridgehead atoms. The van der Waals surface area contributed by atoms with E-state index >= 15 is 0 Å². The maximum absolute atomic E-state index is 12.0. The first-order chi connectivity index (χ1) is 12.1. The lowest BCUT2D eigenvalue weighted by molar-refractivity contribution is 0.100. The molecule has 0 saturated heterocycles. The van der Waals surface area contributed by atoms with Crippen LogP contribution in [-0.4, -0.2) is 10.9 Å². The summed E-state index contributed by atoms with van der Waals surface area (Å²) < 4.78 is 0. The second kappa shape index (κ2) is 6.26. The van der Waals surface area contributed by atoms with Crippen LogP contribution in [-0.2, 0) is 19.3 Å². The normalized spacial score (nSPS) is 13.8. The van der Waals surface area contributed by atoms with Gasteiger partial charge in [-0.25, -0.2) is 4.98 Å². The van der Waals surface area contributed by atoms with E-state index in [9.17, 15) is 4.79 Å². The van der Waals surface area contributed by atoms with Crippen molar-refractivity contribution in [1.82, 2.24) is 4.98 Å². The van der Waals surface area contributed by atoms with E-state index in [1.807, 2.05) is 0 Å². The third kappa shape index (κ3) is 2.65. The number of thiophene rings is 1. The standard InChI is InChI=1S/C21H22N2OS/c1-3-14-18-17(13-10-8-12(2)9-11-13)15-6-4-5-7-16(15)23-21(18)25-19(14)20(22)24/h8-11H,3-7H2,1-2H3,(H2,22,24). The average Bonchev–Trinajstić information content (AvgIpc) is 2.99. The van der Waals surface area contributed by atoms with E-state index in [0.717, 1.165) is 35.0 Å². The molecule has 0 spiro atoms. The van der Waals surface area contributed by atoms with Gasteiger partial charge in [-0.1, -0.05) is 36.8 Å². The van der Waals surface area contributed by atoms with Crippen molar-refractivity contribution in [2.45, 2.75) is 46.0 Å². The number of carbonyl (C=O) groups excluding carboxylic acids is 1. The number of rotatable bonds is 3. The first kappa shape index (κ1) is 16.3. The van der Waals surface area contributed by atoms with Crippen molar-refractivity contribution < 1.29 is 4.79 Å². The van der Waals surface area contributed by atoms with Gasteiger partial charge < -0.3 is 5.73 Å². The summed E-state index contributed by atoms with van der Waals surface area (Å²) in [5.74, 6) is -0.340. The Morgan fingerprint density at radius 2 is 1.92 bits per heavy atom. The number of fused-ring (bicyclic) bond motifs is 2. The molecule has 3 nitrogen and oxygen atoms in total. The van der Waals surface area contributed by atoms with Crippen LogP contribution in [0.2, 0.25) is 0 Å². The lowest BCUT2D eigenvalue weighted by atomic mass is 9.86. The predicted octanol–water partition coefficient (Wildman–Crippen LogP) is 4.81. The van der Waals surface area contributed by atoms with Crippen LogP contribution >= 0.6 is 11.3 Å². The molecule has 2 N–H and O–H groups in total. The van der Waals surface area contributed by atoms with E-state index in [0.29, 0.717) is 4.88 Å². The summed E-state index contributed by atoms with van der Waals surface area (Å²) in [5, 5.41) is 1.14. The van der Waals surface area contributed by atoms with Gasteiger partial charge in [-0.3, -0.25) is 4.79 Å². The molecule has 4 rings (SSSR count). The molecule has 1 amide bonds. The lowest BCUT2D eigenvalue weighted by Gasteiger charge is -2.20. The third-order valence-corrected chi connectivity index (χ3v) is 6.27. The molecule has 1 aromatic carbocycles. The van der Waals surface area contributed by atoms with Crippen molar-refractivity contribution in [3.8, 4) is 11.1 Å². The maximum atomic E-state index is 12.0. The third-order valence-electron chi connectivity index (χ3n) is 5.13. The van der Waals surface area contributed by atoms with Crippen molar-refractivity contribution >= 4 is 27.5 Å². The summed E-state index contributed by atoms with van der Waals surface area (Å²) >= 11 is 1.46. The summed E-state index contributed by atoms with van der Waals surface area (Å²) in [7, 11) is 0. The van der Waals surface area contributed by atoms with E-state index in [-0.39, 0.29) is 5.91 Å². The van der Waals surface area contributed by atoms with Crippen LogP contribution in [0.5, 0.6) is 0 Å². The number of carbonyl (C=O) groups is 1. The zero-order valence-electron chi connectivity index (χ0n) is 14.7. The SMILES string of the molecule is CCc1c(C(N)=O)sc2nc3c(c(-c4ccc(C)cc4)c12)CCCC3. The number of aromatic nitrogens is 1. The monoisotopic (exact) mass is 350 g/mol. The molecule has 1 aliphatic carbocycles. The summed E-state index contributed by atoms with van der Waals surface area (Å²) in [6.07, 6.45) is 5.26. The summed E-state index contributed by atoms with van der Waals surface area (Å²) in [6, 6.07) is 8.70. The minimum atomic E-state index is -0.340. The van der Waals surface area contributed by atoms with E-state index in [2.05, 4.69) is 38.1 Å². The molecule has 3 aromatic rings. The highest BCUT2D eigenvalue weighted by molar-refractivity contribution is 7.20. The largest absolute Gasteiger partial charge is 0.365 e. The van der Waals surface area contributed by atoms with Gasteiger partial charge in [-0.2, -0.15) is 0 Å². The number of amides is 1. The zero-order valence-corrected chi connectivity index (χ0v) is 15.5. The van der Waals surface area contributed by atoms with Gasteiger partial charge >= 0.3 is 0 Å². The number of hydrogen-bond donors (Lipinski definition) is 1. The number of pyridine rings is 1. The van der Waals surface area contributed by atoms with Crippen molar-refractivity contribution in [3.05, 3.63) is 51.5 Å². The van der Waals surface area contributed by atoms with Crippen LogP contribution in [0.3, 0.4) is 0 Å². The molecule has 0 saturated carbocycles. The van der Waals surface area contributed by atoms with Crippen LogP contribution in [0.4, 0.5) is 0 Å². The number of benzene rings is 1. The fraction of sp³-hybridized carbons (Fsp3) is 0.333. The van der Waals surface area contributed by atoms with Crippen LogP contribution in [0.25, 0.3) is 21.3 Å². The van der Waals surface area contributed by atoms with Gasteiger partial charge in [0.15, 0.2) is 0 Å². The molecule has 0 atom stereocenters. The molecule has 128 valence electrons. The Labute approximate surface area is 151 Å². The van der Waals surface area contributed by atoms with E-state index in [4.69, 9.17) is 10.7 Å². The topological polar surface area (TPSA) is 56.0 Å². The van der Waals surface area contributed by atoms with Crippen molar-refractivity contribution in [3.63, 3.8) is 0 Å². The van der Waals surface area contributed by atoms with Crippen LogP contribution in [0.1, 0.15) is 51.8 Å². The van der Waals surface area contributed by atoms with Gasteiger partial charge in [0.25, 0.3) is 5.91 Å². The molecule has 0 fully saturated rings. The molecule has 4 heteroatoms. The Morgan fingerprint density at radius 1 is 1.20 bits per heavy atom. The molecule has 25 heavy (non-hydrogen) atoms. The molecule has 0 radical (unpaired) electrons. The summed E-state index contributed by atoms with van der Waals surface area (Å²) in [5.41, 5.74) is 13.0. The number of nitrogens with two attached hydrogens (primary N) is 1. The smallest absolute Gasteiger partial charge is 0.259 e. The highest BCUT2D eigenvalue weighted by atomic mass is 32.1. The molecular formula is C21H22N2OS. The lowest BCUT2D eigenvalue weighted by Crippen LogP contribution is -2.11. The zero-order chi connectivity index (χ0) is 17.6. The van der Waals surface area contributed by atoms with Gasteiger partial charge in [0.2, 0.25) is 0 Å². The Morgan fingerprint density at radius 3 is 2.60 bits per heavy atom. The Balaban J connectivity index is 2.12. The number of aryl methyl sites for hydroxylation is 3. The minimum absolute atomic E-state index is 0.340. The van der Waals surface area contributed by atoms with E-state index in [1.54, 1.807) is 0 Å². The van der Waals surface area contributed by atoms with Crippen LogP contribution in [0, 0.1) is 6.92 Å². The van der Waals surface area contributed by atoms with Crippen LogP contribution < -0.4 is 5.73 Å². The number of hydrogen-bond acceptors (Lipinski definition) is 3. The minimum Gasteiger partial charge on any atom is -0.365 e. The second-order valence-corrected chi connectivity index (χ2v) is 7.79. The fourth-order valence-corrected chi connectivity index (χ4v) is 5.07. The van der Waals surface area contributed by atoms with Crippen LogP contribution in [0.15, 0.2) is 24.3 Å². The van der Waals surface area contributed by atoms with Gasteiger partial charge in [-0.15, -0.1) is 11.3 Å². The Kier molecular flexibility index (Phi) is 4.08. The van der Waals surface area contributed by atoms with Crippen molar-refractivity contribution in [2.24, 2.45) is 5.73 Å². The fourth-order valence-electron chi connectivity index (χ4n) is 3.92. The average molecular weight is 350 g/mol. The highest BCUT2D eigenvalue weighted by Crippen LogP contribution is 2.42. The maximum Gasteiger partial charge on any atom is 0.259 e. The predicted molar refractivity (Wildman–Crippen MR) is 104 cm³/mol. The summed E-state index contributed by atoms with van der Waals surface area (Å²) in [4.78, 5) is 18.5. The highest BCUT2D eigenvalue weighted by Gasteiger charge is 2.25. The first-order valence-electron chi connectivity index (χ1n) is 8.94. The molecule has 0 aliphatic heterocycles. The van der Waals surface area contributed by atoms with E-state index < -0.39 is 0 Å². The number of nitrogens with zero attached hydrogens (tertiary/aromatic N) is 1. The molecular weight excluding hydrogens is 328 g/mol. The summed E-state index contributed by atoms with van der Waals surface area (Å²) in [6.45, 7) is 4.20. The number of primary amides is 1. The second-order valence-electron chi connectivity index (χ2n) is 6.79. The molecule has 1 aliphatic rings. The van der Waals surface area contributed by atoms with E-state index in [1.165, 1.54) is 52.1 Å². The molecule has 2 aromatic heterocycles. The van der Waals surface area contributed by atoms with Crippen molar-refractivity contribution in [1.29, 1.82) is 0 Å².